The molecule has 0 atom stereocenters. The number of anilines is 1. The number of aryl methyl sites for hydroxylation is 2. The van der Waals surface area contributed by atoms with Crippen LogP contribution in [-0.2, 0) is 6.54 Å². The Morgan fingerprint density at radius 1 is 1.06 bits per heavy atom. The smallest absolute Gasteiger partial charge is 0.221 e. The predicted octanol–water partition coefficient (Wildman–Crippen LogP) is 7.26. The number of azo groups is 1. The van der Waals surface area contributed by atoms with Crippen LogP contribution >= 0.6 is 28.1 Å². The molecule has 0 radical (unpaired) electrons. The Kier molecular flexibility index (Phi) is 6.15. The molecule has 1 heterocycles. The molecule has 0 bridgehead atoms. The lowest BCUT2D eigenvalue weighted by Crippen LogP contribution is -2.06. The van der Waals surface area contributed by atoms with Crippen LogP contribution in [0.15, 0.2) is 81.4 Å². The van der Waals surface area contributed by atoms with E-state index in [4.69, 9.17) is 12.2 Å². The van der Waals surface area contributed by atoms with Crippen LogP contribution in [0.1, 0.15) is 16.7 Å². The van der Waals surface area contributed by atoms with Crippen molar-refractivity contribution in [1.29, 1.82) is 0 Å². The molecule has 3 aromatic carbocycles. The van der Waals surface area contributed by atoms with Crippen LogP contribution in [0.5, 0.6) is 5.88 Å². The third kappa shape index (κ3) is 4.68. The van der Waals surface area contributed by atoms with Crippen LogP contribution < -0.4 is 5.32 Å². The summed E-state index contributed by atoms with van der Waals surface area (Å²) in [5.41, 5.74) is 5.46. The summed E-state index contributed by atoms with van der Waals surface area (Å²) in [5.74, 6) is 0.0520. The maximum atomic E-state index is 11.0. The van der Waals surface area contributed by atoms with E-state index in [1.807, 2.05) is 54.0 Å². The van der Waals surface area contributed by atoms with E-state index in [0.29, 0.717) is 12.2 Å². The standard InChI is InChI=1S/C24H21BrN4OS/c1-15-7-9-17(10-8-15)14-29-21-12-11-18(25)13-19(21)22(23(29)30)27-28-24(31)26-20-6-4-3-5-16(20)2/h3-13,30H,14H2,1-2H3,(H,26,31). The highest BCUT2D eigenvalue weighted by molar-refractivity contribution is 9.10. The first-order valence-corrected chi connectivity index (χ1v) is 11.0. The van der Waals surface area contributed by atoms with Crippen LogP contribution in [0, 0.1) is 13.8 Å². The Labute approximate surface area is 194 Å². The topological polar surface area (TPSA) is 61.9 Å². The highest BCUT2D eigenvalue weighted by Gasteiger charge is 2.17. The number of halogens is 1. The van der Waals surface area contributed by atoms with E-state index in [0.717, 1.165) is 32.2 Å². The summed E-state index contributed by atoms with van der Waals surface area (Å²) in [4.78, 5) is 0. The second-order valence-electron chi connectivity index (χ2n) is 7.35. The van der Waals surface area contributed by atoms with E-state index < -0.39 is 0 Å². The minimum absolute atomic E-state index is 0.0520. The number of para-hydroxylation sites is 1. The zero-order chi connectivity index (χ0) is 22.0. The van der Waals surface area contributed by atoms with Gasteiger partial charge in [0.25, 0.3) is 0 Å². The van der Waals surface area contributed by atoms with Crippen molar-refractivity contribution in [3.05, 3.63) is 87.9 Å². The molecule has 0 unspecified atom stereocenters. The molecule has 0 saturated heterocycles. The number of aromatic hydroxyl groups is 1. The van der Waals surface area contributed by atoms with Gasteiger partial charge in [0.15, 0.2) is 5.69 Å². The minimum Gasteiger partial charge on any atom is -0.493 e. The van der Waals surface area contributed by atoms with Gasteiger partial charge in [0.1, 0.15) is 0 Å². The van der Waals surface area contributed by atoms with E-state index in [2.05, 4.69) is 62.7 Å². The van der Waals surface area contributed by atoms with Crippen LogP contribution in [0.3, 0.4) is 0 Å². The van der Waals surface area contributed by atoms with E-state index in [9.17, 15) is 5.11 Å². The maximum absolute atomic E-state index is 11.0. The highest BCUT2D eigenvalue weighted by atomic mass is 79.9. The normalized spacial score (nSPS) is 11.3. The van der Waals surface area contributed by atoms with Crippen molar-refractivity contribution in [1.82, 2.24) is 4.57 Å². The molecule has 4 aromatic rings. The first-order chi connectivity index (χ1) is 14.9. The average Bonchev–Trinajstić information content (AvgIpc) is 3.00. The van der Waals surface area contributed by atoms with E-state index in [-0.39, 0.29) is 11.0 Å². The third-order valence-corrected chi connectivity index (χ3v) is 5.74. The van der Waals surface area contributed by atoms with Gasteiger partial charge in [-0.2, -0.15) is 0 Å². The van der Waals surface area contributed by atoms with Crippen molar-refractivity contribution in [2.45, 2.75) is 20.4 Å². The van der Waals surface area contributed by atoms with Crippen molar-refractivity contribution < 1.29 is 5.11 Å². The van der Waals surface area contributed by atoms with Gasteiger partial charge in [0.05, 0.1) is 12.1 Å². The second kappa shape index (κ2) is 8.99. The molecule has 1 aromatic heterocycles. The molecular weight excluding hydrogens is 472 g/mol. The number of fused-ring (bicyclic) bond motifs is 1. The number of benzene rings is 3. The fourth-order valence-electron chi connectivity index (χ4n) is 3.38. The number of hydrogen-bond donors (Lipinski definition) is 2. The molecule has 0 aliphatic carbocycles. The summed E-state index contributed by atoms with van der Waals surface area (Å²) in [6, 6.07) is 21.9. The molecule has 7 heteroatoms. The van der Waals surface area contributed by atoms with Crippen LogP contribution in [0.4, 0.5) is 11.4 Å². The first-order valence-electron chi connectivity index (χ1n) is 9.77. The molecule has 0 amide bonds. The zero-order valence-electron chi connectivity index (χ0n) is 17.1. The Bertz CT molecular complexity index is 1300. The Hall–Kier alpha value is -3.03. The Morgan fingerprint density at radius 2 is 1.81 bits per heavy atom. The summed E-state index contributed by atoms with van der Waals surface area (Å²) in [5, 5.41) is 23.6. The molecule has 5 nitrogen and oxygen atoms in total. The average molecular weight is 493 g/mol. The van der Waals surface area contributed by atoms with E-state index in [1.165, 1.54) is 5.56 Å². The van der Waals surface area contributed by atoms with Crippen molar-refractivity contribution >= 4 is 55.5 Å². The van der Waals surface area contributed by atoms with Gasteiger partial charge in [0, 0.05) is 15.5 Å². The van der Waals surface area contributed by atoms with Crippen LogP contribution in [-0.4, -0.2) is 14.8 Å². The lowest BCUT2D eigenvalue weighted by atomic mass is 10.1. The van der Waals surface area contributed by atoms with Gasteiger partial charge in [0.2, 0.25) is 11.0 Å². The molecule has 0 aliphatic heterocycles. The van der Waals surface area contributed by atoms with Gasteiger partial charge >= 0.3 is 0 Å². The third-order valence-electron chi connectivity index (χ3n) is 5.06. The van der Waals surface area contributed by atoms with E-state index >= 15 is 0 Å². The van der Waals surface area contributed by atoms with Gasteiger partial charge in [-0.1, -0.05) is 64.0 Å². The summed E-state index contributed by atoms with van der Waals surface area (Å²) in [7, 11) is 0. The number of thiocarbonyl (C=S) groups is 1. The minimum atomic E-state index is 0.0520. The van der Waals surface area contributed by atoms with Crippen LogP contribution in [0.25, 0.3) is 10.9 Å². The summed E-state index contributed by atoms with van der Waals surface area (Å²) >= 11 is 8.85. The molecule has 156 valence electrons. The molecular formula is C24H21BrN4OS. The first kappa shape index (κ1) is 21.2. The monoisotopic (exact) mass is 492 g/mol. The van der Waals surface area contributed by atoms with Gasteiger partial charge < -0.3 is 15.0 Å². The fraction of sp³-hybridized carbons (Fsp3) is 0.125. The Balaban J connectivity index is 1.68. The van der Waals surface area contributed by atoms with Crippen molar-refractivity contribution in [3.63, 3.8) is 0 Å². The molecule has 4 rings (SSSR count). The molecule has 0 fully saturated rings. The van der Waals surface area contributed by atoms with Gasteiger partial charge in [-0.3, -0.25) is 0 Å². The van der Waals surface area contributed by atoms with Crippen molar-refractivity contribution in [3.8, 4) is 5.88 Å². The molecule has 2 N–H and O–H groups in total. The van der Waals surface area contributed by atoms with Crippen molar-refractivity contribution in [2.75, 3.05) is 5.32 Å². The van der Waals surface area contributed by atoms with Crippen LogP contribution in [0.2, 0.25) is 0 Å². The summed E-state index contributed by atoms with van der Waals surface area (Å²) in [6.45, 7) is 4.56. The van der Waals surface area contributed by atoms with Crippen molar-refractivity contribution in [2.24, 2.45) is 10.2 Å². The fourth-order valence-corrected chi connectivity index (χ4v) is 3.89. The number of aromatic nitrogens is 1. The maximum Gasteiger partial charge on any atom is 0.221 e. The number of nitrogens with zero attached hydrogens (tertiary/aromatic N) is 3. The summed E-state index contributed by atoms with van der Waals surface area (Å²) in [6.07, 6.45) is 0. The van der Waals surface area contributed by atoms with E-state index in [1.54, 1.807) is 0 Å². The molecule has 0 aliphatic rings. The predicted molar refractivity (Wildman–Crippen MR) is 133 cm³/mol. The number of rotatable bonds is 4. The quantitative estimate of drug-likeness (QED) is 0.232. The largest absolute Gasteiger partial charge is 0.493 e. The zero-order valence-corrected chi connectivity index (χ0v) is 19.5. The SMILES string of the molecule is Cc1ccc(Cn2c(O)c(N=NC(=S)Nc3ccccc3C)c3cc(Br)ccc32)cc1. The number of hydrogen-bond acceptors (Lipinski definition) is 3. The molecule has 0 saturated carbocycles. The molecule has 0 spiro atoms. The lowest BCUT2D eigenvalue weighted by Gasteiger charge is -2.08. The van der Waals surface area contributed by atoms with Gasteiger partial charge in [-0.05, 0) is 61.5 Å². The highest BCUT2D eigenvalue weighted by Crippen LogP contribution is 2.40. The number of nitrogens with one attached hydrogen (secondary N) is 1. The Morgan fingerprint density at radius 3 is 2.55 bits per heavy atom. The summed E-state index contributed by atoms with van der Waals surface area (Å²) < 4.78 is 2.73. The second-order valence-corrected chi connectivity index (χ2v) is 8.65. The lowest BCUT2D eigenvalue weighted by molar-refractivity contribution is 0.429. The molecule has 31 heavy (non-hydrogen) atoms. The van der Waals surface area contributed by atoms with Gasteiger partial charge in [-0.15, -0.1) is 10.2 Å². The van der Waals surface area contributed by atoms with Gasteiger partial charge in [-0.25, -0.2) is 0 Å².